The third kappa shape index (κ3) is 3.15. The predicted molar refractivity (Wildman–Crippen MR) is 69.1 cm³/mol. The van der Waals surface area contributed by atoms with Gasteiger partial charge in [0.1, 0.15) is 17.5 Å². The first-order valence-electron chi connectivity index (χ1n) is 6.06. The molecule has 2 aromatic carbocycles. The first-order chi connectivity index (χ1) is 9.11. The molecule has 0 aliphatic rings. The molecule has 19 heavy (non-hydrogen) atoms. The van der Waals surface area contributed by atoms with Crippen LogP contribution in [0.3, 0.4) is 0 Å². The highest BCUT2D eigenvalue weighted by Gasteiger charge is 2.09. The van der Waals surface area contributed by atoms with Crippen LogP contribution in [0.1, 0.15) is 12.5 Å². The van der Waals surface area contributed by atoms with Gasteiger partial charge in [0.05, 0.1) is 0 Å². The Hall–Kier alpha value is -1.81. The van der Waals surface area contributed by atoms with E-state index in [1.165, 1.54) is 24.3 Å². The van der Waals surface area contributed by atoms with Crippen molar-refractivity contribution in [3.63, 3.8) is 0 Å². The standard InChI is InChI=1S/C15H14F3N/c1-2-19-9-11-7-10(3-6-14(11)17)13-5-4-12(16)8-15(13)18/h3-8,19H,2,9H2,1H3. The number of hydrogen-bond donors (Lipinski definition) is 1. The van der Waals surface area contributed by atoms with Crippen LogP contribution in [0.5, 0.6) is 0 Å². The van der Waals surface area contributed by atoms with Crippen LogP contribution in [0.4, 0.5) is 13.2 Å². The molecule has 0 amide bonds. The summed E-state index contributed by atoms with van der Waals surface area (Å²) in [6.07, 6.45) is 0. The lowest BCUT2D eigenvalue weighted by molar-refractivity contribution is 0.584. The van der Waals surface area contributed by atoms with E-state index in [4.69, 9.17) is 0 Å². The van der Waals surface area contributed by atoms with Crippen molar-refractivity contribution in [2.24, 2.45) is 0 Å². The van der Waals surface area contributed by atoms with Gasteiger partial charge in [0.2, 0.25) is 0 Å². The van der Waals surface area contributed by atoms with Gasteiger partial charge in [-0.15, -0.1) is 0 Å². The maximum Gasteiger partial charge on any atom is 0.133 e. The molecular formula is C15H14F3N. The second-order valence-electron chi connectivity index (χ2n) is 4.21. The van der Waals surface area contributed by atoms with E-state index >= 15 is 0 Å². The van der Waals surface area contributed by atoms with Crippen LogP contribution in [0.15, 0.2) is 36.4 Å². The molecule has 0 heterocycles. The van der Waals surface area contributed by atoms with E-state index in [1.807, 2.05) is 6.92 Å². The van der Waals surface area contributed by atoms with Gasteiger partial charge in [-0.2, -0.15) is 0 Å². The van der Waals surface area contributed by atoms with Gasteiger partial charge in [0.15, 0.2) is 0 Å². The molecule has 2 rings (SSSR count). The van der Waals surface area contributed by atoms with Crippen LogP contribution in [0, 0.1) is 17.5 Å². The Kier molecular flexibility index (Phi) is 4.22. The Morgan fingerprint density at radius 1 is 0.947 bits per heavy atom. The molecule has 0 aliphatic heterocycles. The summed E-state index contributed by atoms with van der Waals surface area (Å²) in [5, 5.41) is 3.01. The lowest BCUT2D eigenvalue weighted by Crippen LogP contribution is -2.13. The molecule has 4 heteroatoms. The number of benzene rings is 2. The molecule has 0 saturated heterocycles. The zero-order chi connectivity index (χ0) is 13.8. The smallest absolute Gasteiger partial charge is 0.133 e. The van der Waals surface area contributed by atoms with Gasteiger partial charge in [-0.3, -0.25) is 0 Å². The lowest BCUT2D eigenvalue weighted by atomic mass is 10.0. The van der Waals surface area contributed by atoms with E-state index in [2.05, 4.69) is 5.32 Å². The van der Waals surface area contributed by atoms with Crippen molar-refractivity contribution in [2.45, 2.75) is 13.5 Å². The average molecular weight is 265 g/mol. The van der Waals surface area contributed by atoms with Crippen molar-refractivity contribution in [3.8, 4) is 11.1 Å². The van der Waals surface area contributed by atoms with Crippen molar-refractivity contribution in [1.29, 1.82) is 0 Å². The van der Waals surface area contributed by atoms with Gasteiger partial charge < -0.3 is 5.32 Å². The van der Waals surface area contributed by atoms with Crippen molar-refractivity contribution >= 4 is 0 Å². The monoisotopic (exact) mass is 265 g/mol. The molecular weight excluding hydrogens is 251 g/mol. The summed E-state index contributed by atoms with van der Waals surface area (Å²) in [5.74, 6) is -1.62. The highest BCUT2D eigenvalue weighted by Crippen LogP contribution is 2.25. The Labute approximate surface area is 110 Å². The number of rotatable bonds is 4. The van der Waals surface area contributed by atoms with E-state index < -0.39 is 11.6 Å². The topological polar surface area (TPSA) is 12.0 Å². The zero-order valence-electron chi connectivity index (χ0n) is 10.5. The Morgan fingerprint density at radius 3 is 2.42 bits per heavy atom. The van der Waals surface area contributed by atoms with Crippen LogP contribution < -0.4 is 5.32 Å². The SMILES string of the molecule is CCNCc1cc(-c2ccc(F)cc2F)ccc1F. The molecule has 0 atom stereocenters. The third-order valence-corrected chi connectivity index (χ3v) is 2.85. The van der Waals surface area contributed by atoms with Gasteiger partial charge in [0, 0.05) is 23.7 Å². The molecule has 0 fully saturated rings. The zero-order valence-corrected chi connectivity index (χ0v) is 10.5. The number of hydrogen-bond acceptors (Lipinski definition) is 1. The predicted octanol–water partition coefficient (Wildman–Crippen LogP) is 3.88. The molecule has 2 aromatic rings. The summed E-state index contributed by atoms with van der Waals surface area (Å²) in [5.41, 5.74) is 1.26. The summed E-state index contributed by atoms with van der Waals surface area (Å²) in [6, 6.07) is 7.73. The van der Waals surface area contributed by atoms with Crippen molar-refractivity contribution in [3.05, 3.63) is 59.4 Å². The largest absolute Gasteiger partial charge is 0.313 e. The second kappa shape index (κ2) is 5.89. The summed E-state index contributed by atoms with van der Waals surface area (Å²) in [6.45, 7) is 3.01. The first-order valence-corrected chi connectivity index (χ1v) is 6.06. The van der Waals surface area contributed by atoms with E-state index in [1.54, 1.807) is 6.07 Å². The van der Waals surface area contributed by atoms with E-state index in [0.29, 0.717) is 24.2 Å². The average Bonchev–Trinajstić information content (AvgIpc) is 2.38. The summed E-state index contributed by atoms with van der Waals surface area (Å²) >= 11 is 0. The minimum absolute atomic E-state index is 0.263. The van der Waals surface area contributed by atoms with Crippen LogP contribution in [0.25, 0.3) is 11.1 Å². The van der Waals surface area contributed by atoms with Gasteiger partial charge >= 0.3 is 0 Å². The molecule has 0 unspecified atom stereocenters. The normalized spacial score (nSPS) is 10.7. The molecule has 1 N–H and O–H groups in total. The summed E-state index contributed by atoms with van der Waals surface area (Å²) in [7, 11) is 0. The highest BCUT2D eigenvalue weighted by molar-refractivity contribution is 5.65. The molecule has 0 bridgehead atoms. The van der Waals surface area contributed by atoms with Crippen LogP contribution in [0.2, 0.25) is 0 Å². The minimum Gasteiger partial charge on any atom is -0.313 e. The third-order valence-electron chi connectivity index (χ3n) is 2.85. The van der Waals surface area contributed by atoms with Crippen LogP contribution >= 0.6 is 0 Å². The number of halogens is 3. The highest BCUT2D eigenvalue weighted by atomic mass is 19.1. The number of nitrogens with one attached hydrogen (secondary N) is 1. The van der Waals surface area contributed by atoms with Crippen LogP contribution in [-0.2, 0) is 6.54 Å². The molecule has 0 aromatic heterocycles. The summed E-state index contributed by atoms with van der Waals surface area (Å²) < 4.78 is 40.1. The maximum atomic E-state index is 13.7. The van der Waals surface area contributed by atoms with E-state index in [-0.39, 0.29) is 11.4 Å². The molecule has 1 nitrogen and oxygen atoms in total. The van der Waals surface area contributed by atoms with Crippen LogP contribution in [-0.4, -0.2) is 6.54 Å². The first kappa shape index (κ1) is 13.6. The minimum atomic E-state index is -0.652. The van der Waals surface area contributed by atoms with Crippen molar-refractivity contribution in [1.82, 2.24) is 5.32 Å². The Morgan fingerprint density at radius 2 is 1.74 bits per heavy atom. The fourth-order valence-corrected chi connectivity index (χ4v) is 1.86. The Bertz CT molecular complexity index is 582. The maximum absolute atomic E-state index is 13.7. The van der Waals surface area contributed by atoms with Gasteiger partial charge in [-0.1, -0.05) is 13.0 Å². The molecule has 0 saturated carbocycles. The van der Waals surface area contributed by atoms with Gasteiger partial charge in [-0.25, -0.2) is 13.2 Å². The van der Waals surface area contributed by atoms with Crippen molar-refractivity contribution in [2.75, 3.05) is 6.54 Å². The fourth-order valence-electron chi connectivity index (χ4n) is 1.86. The van der Waals surface area contributed by atoms with E-state index in [0.717, 1.165) is 6.07 Å². The van der Waals surface area contributed by atoms with Crippen molar-refractivity contribution < 1.29 is 13.2 Å². The second-order valence-corrected chi connectivity index (χ2v) is 4.21. The molecule has 0 spiro atoms. The molecule has 0 radical (unpaired) electrons. The lowest BCUT2D eigenvalue weighted by Gasteiger charge is -2.08. The van der Waals surface area contributed by atoms with E-state index in [9.17, 15) is 13.2 Å². The Balaban J connectivity index is 2.39. The quantitative estimate of drug-likeness (QED) is 0.884. The summed E-state index contributed by atoms with van der Waals surface area (Å²) in [4.78, 5) is 0. The molecule has 0 aliphatic carbocycles. The van der Waals surface area contributed by atoms with Gasteiger partial charge in [0.25, 0.3) is 0 Å². The molecule has 100 valence electrons. The fraction of sp³-hybridized carbons (Fsp3) is 0.200. The van der Waals surface area contributed by atoms with Gasteiger partial charge in [-0.05, 0) is 36.4 Å².